The van der Waals surface area contributed by atoms with E-state index in [9.17, 15) is 0 Å². The van der Waals surface area contributed by atoms with Crippen molar-refractivity contribution in [2.45, 2.75) is 51.0 Å². The number of nitrogens with zero attached hydrogens (tertiary/aromatic N) is 1. The minimum absolute atomic E-state index is 0.314. The second-order valence-electron chi connectivity index (χ2n) is 4.08. The highest BCUT2D eigenvalue weighted by Gasteiger charge is 2.28. The van der Waals surface area contributed by atoms with Gasteiger partial charge in [-0.25, -0.2) is 0 Å². The lowest BCUT2D eigenvalue weighted by atomic mass is 10.2. The first kappa shape index (κ1) is 10.5. The molecule has 1 nitrogen and oxygen atoms in total. The van der Waals surface area contributed by atoms with E-state index in [2.05, 4.69) is 25.3 Å². The molecule has 1 atom stereocenters. The van der Waals surface area contributed by atoms with Gasteiger partial charge in [-0.2, -0.15) is 0 Å². The Labute approximate surface area is 81.0 Å². The lowest BCUT2D eigenvalue weighted by molar-refractivity contribution is 0.332. The molecule has 12 heavy (non-hydrogen) atoms. The summed E-state index contributed by atoms with van der Waals surface area (Å²) in [6.07, 6.45) is 2.71. The zero-order valence-corrected chi connectivity index (χ0v) is 11.4. The van der Waals surface area contributed by atoms with Gasteiger partial charge in [-0.1, -0.05) is 32.1 Å². The molecule has 0 aliphatic carbocycles. The van der Waals surface area contributed by atoms with Crippen LogP contribution in [0.1, 0.15) is 33.6 Å². The minimum Gasteiger partial charge on any atom is -0.324 e. The summed E-state index contributed by atoms with van der Waals surface area (Å²) in [5.41, 5.74) is 3.45. The predicted octanol–water partition coefficient (Wildman–Crippen LogP) is 1.32. The molecule has 1 unspecified atom stereocenters. The van der Waals surface area contributed by atoms with E-state index in [1.54, 1.807) is 11.3 Å². The quantitative estimate of drug-likeness (QED) is 0.607. The molecule has 1 aliphatic rings. The average Bonchev–Trinajstić information content (AvgIpc) is 1.99. The lowest BCUT2D eigenvalue weighted by Crippen LogP contribution is -2.51. The molecule has 1 aliphatic heterocycles. The van der Waals surface area contributed by atoms with Crippen molar-refractivity contribution >= 4 is 18.5 Å². The SMILES string of the molecule is CCCN(C(C)CC)[SiH]1C[SiH2]C1. The standard InChI is InChI=1S/C9H23NSi2/c1-4-6-10(9(3)5-2)12-7-11-8-12/h9,12H,4-8,11H2,1-3H3. The molecule has 3 heteroatoms. The molecule has 1 heterocycles. The molecule has 0 spiro atoms. The molecule has 0 radical (unpaired) electrons. The van der Waals surface area contributed by atoms with Crippen LogP contribution in [0.15, 0.2) is 0 Å². The third kappa shape index (κ3) is 2.44. The first-order valence-electron chi connectivity index (χ1n) is 5.55. The number of hydrogen-bond acceptors (Lipinski definition) is 1. The first-order chi connectivity index (χ1) is 5.79. The minimum atomic E-state index is -0.314. The van der Waals surface area contributed by atoms with Crippen LogP contribution in [0, 0.1) is 0 Å². The molecule has 0 aromatic rings. The highest BCUT2D eigenvalue weighted by molar-refractivity contribution is 6.84. The van der Waals surface area contributed by atoms with Gasteiger partial charge in [-0.3, -0.25) is 0 Å². The summed E-state index contributed by atoms with van der Waals surface area (Å²) in [4.78, 5) is 0. The fraction of sp³-hybridized carbons (Fsp3) is 1.00. The Bertz CT molecular complexity index is 121. The van der Waals surface area contributed by atoms with Gasteiger partial charge in [0.25, 0.3) is 0 Å². The van der Waals surface area contributed by atoms with Crippen LogP contribution in [0.2, 0.25) is 11.3 Å². The molecule has 0 amide bonds. The van der Waals surface area contributed by atoms with Crippen molar-refractivity contribution in [3.8, 4) is 0 Å². The maximum atomic E-state index is 2.89. The molecule has 0 aromatic carbocycles. The molecule has 1 rings (SSSR count). The third-order valence-corrected chi connectivity index (χ3v) is 13.5. The van der Waals surface area contributed by atoms with E-state index in [0.29, 0.717) is 9.52 Å². The first-order valence-corrected chi connectivity index (χ1v) is 9.70. The van der Waals surface area contributed by atoms with E-state index in [4.69, 9.17) is 0 Å². The summed E-state index contributed by atoms with van der Waals surface area (Å²) in [6.45, 7) is 8.46. The van der Waals surface area contributed by atoms with Gasteiger partial charge in [0.15, 0.2) is 0 Å². The van der Waals surface area contributed by atoms with Gasteiger partial charge in [-0.05, 0) is 25.4 Å². The molecular formula is C9H23NSi2. The van der Waals surface area contributed by atoms with E-state index in [-0.39, 0.29) is 8.96 Å². The van der Waals surface area contributed by atoms with Crippen LogP contribution in [-0.4, -0.2) is 35.6 Å². The van der Waals surface area contributed by atoms with Crippen molar-refractivity contribution in [1.82, 2.24) is 4.57 Å². The molecule has 1 fully saturated rings. The van der Waals surface area contributed by atoms with E-state index in [1.165, 1.54) is 19.4 Å². The monoisotopic (exact) mass is 201 g/mol. The average molecular weight is 201 g/mol. The van der Waals surface area contributed by atoms with Crippen LogP contribution in [-0.2, 0) is 0 Å². The Morgan fingerprint density at radius 1 is 1.42 bits per heavy atom. The molecule has 0 saturated carbocycles. The summed E-state index contributed by atoms with van der Waals surface area (Å²) in [6, 6.07) is 0.885. The van der Waals surface area contributed by atoms with Crippen LogP contribution in [0.5, 0.6) is 0 Å². The smallest absolute Gasteiger partial charge is 0.106 e. The number of rotatable bonds is 5. The maximum absolute atomic E-state index is 2.89. The van der Waals surface area contributed by atoms with E-state index < -0.39 is 0 Å². The molecule has 0 bridgehead atoms. The third-order valence-electron chi connectivity index (χ3n) is 3.18. The largest absolute Gasteiger partial charge is 0.324 e. The van der Waals surface area contributed by atoms with Gasteiger partial charge in [0.1, 0.15) is 8.96 Å². The Hall–Kier alpha value is 0.394. The Morgan fingerprint density at radius 2 is 2.08 bits per heavy atom. The fourth-order valence-corrected chi connectivity index (χ4v) is 9.27. The zero-order valence-electron chi connectivity index (χ0n) is 8.84. The lowest BCUT2D eigenvalue weighted by Gasteiger charge is -2.40. The van der Waals surface area contributed by atoms with Gasteiger partial charge >= 0.3 is 0 Å². The van der Waals surface area contributed by atoms with Crippen LogP contribution >= 0.6 is 0 Å². The van der Waals surface area contributed by atoms with Crippen molar-refractivity contribution in [3.63, 3.8) is 0 Å². The second kappa shape index (κ2) is 5.19. The van der Waals surface area contributed by atoms with Crippen LogP contribution < -0.4 is 0 Å². The Balaban J connectivity index is 2.35. The van der Waals surface area contributed by atoms with Gasteiger partial charge in [0.2, 0.25) is 0 Å². The van der Waals surface area contributed by atoms with Gasteiger partial charge in [0.05, 0.1) is 0 Å². The summed E-state index contributed by atoms with van der Waals surface area (Å²) in [5, 5.41) is 0. The number of hydrogen-bond donors (Lipinski definition) is 0. The van der Waals surface area contributed by atoms with E-state index >= 15 is 0 Å². The van der Waals surface area contributed by atoms with Crippen LogP contribution in [0.25, 0.3) is 0 Å². The van der Waals surface area contributed by atoms with Crippen molar-refractivity contribution in [3.05, 3.63) is 0 Å². The summed E-state index contributed by atoms with van der Waals surface area (Å²) < 4.78 is 2.89. The van der Waals surface area contributed by atoms with Gasteiger partial charge in [-0.15, -0.1) is 0 Å². The summed E-state index contributed by atoms with van der Waals surface area (Å²) in [7, 11) is 0.164. The van der Waals surface area contributed by atoms with E-state index in [0.717, 1.165) is 6.04 Å². The van der Waals surface area contributed by atoms with Gasteiger partial charge in [0, 0.05) is 9.52 Å². The Morgan fingerprint density at radius 3 is 2.42 bits per heavy atom. The molecule has 0 N–H and O–H groups in total. The van der Waals surface area contributed by atoms with Gasteiger partial charge < -0.3 is 4.57 Å². The summed E-state index contributed by atoms with van der Waals surface area (Å²) in [5.74, 6) is 0. The van der Waals surface area contributed by atoms with Crippen LogP contribution in [0.3, 0.4) is 0 Å². The fourth-order valence-electron chi connectivity index (χ4n) is 1.97. The van der Waals surface area contributed by atoms with Crippen molar-refractivity contribution in [1.29, 1.82) is 0 Å². The molecule has 72 valence electrons. The topological polar surface area (TPSA) is 3.24 Å². The highest BCUT2D eigenvalue weighted by Crippen LogP contribution is 2.19. The summed E-state index contributed by atoms with van der Waals surface area (Å²) >= 11 is 0. The Kier molecular flexibility index (Phi) is 4.53. The second-order valence-corrected chi connectivity index (χ2v) is 11.4. The van der Waals surface area contributed by atoms with Crippen molar-refractivity contribution in [2.75, 3.05) is 6.54 Å². The van der Waals surface area contributed by atoms with Crippen LogP contribution in [0.4, 0.5) is 0 Å². The highest BCUT2D eigenvalue weighted by atomic mass is 28.4. The van der Waals surface area contributed by atoms with Crippen molar-refractivity contribution < 1.29 is 0 Å². The predicted molar refractivity (Wildman–Crippen MR) is 62.1 cm³/mol. The normalized spacial score (nSPS) is 27.5. The maximum Gasteiger partial charge on any atom is 0.106 e. The molecule has 0 aromatic heterocycles. The van der Waals surface area contributed by atoms with E-state index in [1.807, 2.05) is 0 Å². The zero-order chi connectivity index (χ0) is 8.97. The molecular weight excluding hydrogens is 178 g/mol. The van der Waals surface area contributed by atoms with Crippen molar-refractivity contribution in [2.24, 2.45) is 0 Å². The molecule has 1 saturated heterocycles.